The van der Waals surface area contributed by atoms with Crippen LogP contribution in [0.3, 0.4) is 0 Å². The summed E-state index contributed by atoms with van der Waals surface area (Å²) in [6.07, 6.45) is 7.96. The van der Waals surface area contributed by atoms with E-state index in [2.05, 4.69) is 0 Å². The van der Waals surface area contributed by atoms with Crippen LogP contribution in [0.5, 0.6) is 5.75 Å². The second-order valence-corrected chi connectivity index (χ2v) is 7.88. The van der Waals surface area contributed by atoms with Gasteiger partial charge in [0.2, 0.25) is 0 Å². The predicted octanol–water partition coefficient (Wildman–Crippen LogP) is 5.04. The maximum atomic E-state index is 10.5. The van der Waals surface area contributed by atoms with Crippen molar-refractivity contribution in [3.05, 3.63) is 28.8 Å². The molecule has 0 aliphatic carbocycles. The molecule has 1 aromatic rings. The highest BCUT2D eigenvalue weighted by atomic mass is 35.5. The molecule has 0 unspecified atom stereocenters. The Hall–Kier alpha value is -0.780. The highest BCUT2D eigenvalue weighted by Gasteiger charge is 2.03. The van der Waals surface area contributed by atoms with E-state index in [-0.39, 0.29) is 5.75 Å². The monoisotopic (exact) mass is 362 g/mol. The van der Waals surface area contributed by atoms with Crippen molar-refractivity contribution in [2.75, 3.05) is 12.4 Å². The van der Waals surface area contributed by atoms with Crippen molar-refractivity contribution >= 4 is 21.7 Å². The van der Waals surface area contributed by atoms with Gasteiger partial charge in [0.25, 0.3) is 10.1 Å². The summed E-state index contributed by atoms with van der Waals surface area (Å²) in [6.45, 7) is 2.68. The summed E-state index contributed by atoms with van der Waals surface area (Å²) in [7, 11) is -3.78. The fourth-order valence-electron chi connectivity index (χ4n) is 2.35. The summed E-state index contributed by atoms with van der Waals surface area (Å²) in [6, 6.07) is 5.80. The lowest BCUT2D eigenvalue weighted by Gasteiger charge is -2.08. The topological polar surface area (TPSA) is 63.6 Å². The Kier molecular flexibility index (Phi) is 9.60. The summed E-state index contributed by atoms with van der Waals surface area (Å²) in [5, 5.41) is 0.662. The molecule has 0 aliphatic rings. The van der Waals surface area contributed by atoms with Crippen LogP contribution in [-0.4, -0.2) is 25.3 Å². The summed E-state index contributed by atoms with van der Waals surface area (Å²) < 4.78 is 35.4. The standard InChI is InChI=1S/C17H27ClO4S/c1-15-10-11-17(16(18)14-15)22-12-8-6-4-2-3-5-7-9-13-23(19,20)21/h10-11,14H,2-9,12-13H2,1H3,(H,19,20,21). The molecule has 132 valence electrons. The first kappa shape index (κ1) is 20.3. The largest absolute Gasteiger partial charge is 0.492 e. The maximum Gasteiger partial charge on any atom is 0.264 e. The number of unbranched alkanes of at least 4 members (excludes halogenated alkanes) is 7. The average molecular weight is 363 g/mol. The van der Waals surface area contributed by atoms with E-state index in [1.807, 2.05) is 25.1 Å². The second-order valence-electron chi connectivity index (χ2n) is 5.90. The first-order valence-corrected chi connectivity index (χ1v) is 10.2. The van der Waals surface area contributed by atoms with Crippen molar-refractivity contribution in [3.63, 3.8) is 0 Å². The number of rotatable bonds is 12. The van der Waals surface area contributed by atoms with Gasteiger partial charge in [-0.1, -0.05) is 56.2 Å². The summed E-state index contributed by atoms with van der Waals surface area (Å²) >= 11 is 6.10. The molecular formula is C17H27ClO4S. The SMILES string of the molecule is Cc1ccc(OCCCCCCCCCCS(=O)(=O)O)c(Cl)c1. The molecular weight excluding hydrogens is 336 g/mol. The molecule has 1 rings (SSSR count). The molecule has 1 N–H and O–H groups in total. The van der Waals surface area contributed by atoms with E-state index in [9.17, 15) is 8.42 Å². The van der Waals surface area contributed by atoms with Crippen molar-refractivity contribution in [2.24, 2.45) is 0 Å². The molecule has 0 amide bonds. The third-order valence-electron chi connectivity index (χ3n) is 3.64. The average Bonchev–Trinajstić information content (AvgIpc) is 2.45. The number of ether oxygens (including phenoxy) is 1. The minimum atomic E-state index is -3.78. The van der Waals surface area contributed by atoms with Crippen LogP contribution in [0.2, 0.25) is 5.02 Å². The highest BCUT2D eigenvalue weighted by Crippen LogP contribution is 2.25. The van der Waals surface area contributed by atoms with Gasteiger partial charge in [0, 0.05) is 0 Å². The van der Waals surface area contributed by atoms with Gasteiger partial charge in [-0.2, -0.15) is 8.42 Å². The lowest BCUT2D eigenvalue weighted by molar-refractivity contribution is 0.304. The molecule has 0 heterocycles. The number of benzene rings is 1. The van der Waals surface area contributed by atoms with Gasteiger partial charge in [-0.3, -0.25) is 4.55 Å². The predicted molar refractivity (Wildman–Crippen MR) is 95.0 cm³/mol. The fourth-order valence-corrected chi connectivity index (χ4v) is 3.21. The minimum absolute atomic E-state index is 0.119. The first-order valence-electron chi connectivity index (χ1n) is 8.22. The smallest absolute Gasteiger partial charge is 0.264 e. The van der Waals surface area contributed by atoms with Crippen LogP contribution in [-0.2, 0) is 10.1 Å². The van der Waals surface area contributed by atoms with Gasteiger partial charge in [0.15, 0.2) is 0 Å². The quantitative estimate of drug-likeness (QED) is 0.418. The molecule has 0 spiro atoms. The molecule has 0 aliphatic heterocycles. The molecule has 6 heteroatoms. The van der Waals surface area contributed by atoms with Crippen molar-refractivity contribution in [2.45, 2.75) is 58.3 Å². The molecule has 0 saturated heterocycles. The van der Waals surface area contributed by atoms with Crippen LogP contribution in [0.15, 0.2) is 18.2 Å². The summed E-state index contributed by atoms with van der Waals surface area (Å²) in [4.78, 5) is 0. The van der Waals surface area contributed by atoms with Crippen molar-refractivity contribution < 1.29 is 17.7 Å². The summed E-state index contributed by atoms with van der Waals surface area (Å²) in [5.41, 5.74) is 1.12. The minimum Gasteiger partial charge on any atom is -0.492 e. The number of aryl methyl sites for hydroxylation is 1. The van der Waals surface area contributed by atoms with Crippen LogP contribution in [0.1, 0.15) is 56.9 Å². The third kappa shape index (κ3) is 10.6. The molecule has 0 radical (unpaired) electrons. The van der Waals surface area contributed by atoms with Gasteiger partial charge < -0.3 is 4.74 Å². The third-order valence-corrected chi connectivity index (χ3v) is 4.74. The van der Waals surface area contributed by atoms with Gasteiger partial charge in [0.1, 0.15) is 5.75 Å². The summed E-state index contributed by atoms with van der Waals surface area (Å²) in [5.74, 6) is 0.627. The lowest BCUT2D eigenvalue weighted by Crippen LogP contribution is -2.03. The lowest BCUT2D eigenvalue weighted by atomic mass is 10.1. The zero-order valence-electron chi connectivity index (χ0n) is 13.8. The van der Waals surface area contributed by atoms with Crippen LogP contribution in [0.4, 0.5) is 0 Å². The molecule has 0 atom stereocenters. The van der Waals surface area contributed by atoms with Crippen LogP contribution >= 0.6 is 11.6 Å². The van der Waals surface area contributed by atoms with Crippen LogP contribution in [0.25, 0.3) is 0 Å². The molecule has 0 aromatic heterocycles. The molecule has 23 heavy (non-hydrogen) atoms. The van der Waals surface area contributed by atoms with Crippen molar-refractivity contribution in [1.29, 1.82) is 0 Å². The van der Waals surface area contributed by atoms with E-state index >= 15 is 0 Å². The van der Waals surface area contributed by atoms with E-state index in [0.29, 0.717) is 18.1 Å². The van der Waals surface area contributed by atoms with E-state index in [1.54, 1.807) is 0 Å². The van der Waals surface area contributed by atoms with Gasteiger partial charge in [-0.05, 0) is 37.5 Å². The van der Waals surface area contributed by atoms with Gasteiger partial charge in [-0.25, -0.2) is 0 Å². The number of hydrogen-bond acceptors (Lipinski definition) is 3. The van der Waals surface area contributed by atoms with E-state index < -0.39 is 10.1 Å². The molecule has 0 saturated carbocycles. The maximum absolute atomic E-state index is 10.5. The molecule has 4 nitrogen and oxygen atoms in total. The Labute approximate surface area is 144 Å². The van der Waals surface area contributed by atoms with E-state index in [1.165, 1.54) is 0 Å². The van der Waals surface area contributed by atoms with Crippen molar-refractivity contribution in [1.82, 2.24) is 0 Å². The van der Waals surface area contributed by atoms with Gasteiger partial charge >= 0.3 is 0 Å². The Balaban J connectivity index is 1.94. The zero-order chi connectivity index (χ0) is 17.1. The molecule has 0 bridgehead atoms. The van der Waals surface area contributed by atoms with Crippen molar-refractivity contribution in [3.8, 4) is 5.75 Å². The normalized spacial score (nSPS) is 11.6. The molecule has 1 aromatic carbocycles. The Morgan fingerprint density at radius 2 is 1.57 bits per heavy atom. The van der Waals surface area contributed by atoms with Gasteiger partial charge in [0.05, 0.1) is 17.4 Å². The van der Waals surface area contributed by atoms with Gasteiger partial charge in [-0.15, -0.1) is 0 Å². The van der Waals surface area contributed by atoms with Crippen LogP contribution < -0.4 is 4.74 Å². The van der Waals surface area contributed by atoms with Crippen LogP contribution in [0, 0.1) is 6.92 Å². The number of hydrogen-bond donors (Lipinski definition) is 1. The fraction of sp³-hybridized carbons (Fsp3) is 0.647. The Morgan fingerprint density at radius 1 is 1.00 bits per heavy atom. The first-order chi connectivity index (χ1) is 10.9. The second kappa shape index (κ2) is 10.9. The Morgan fingerprint density at radius 3 is 2.13 bits per heavy atom. The Bertz CT molecular complexity index is 558. The van der Waals surface area contributed by atoms with E-state index in [4.69, 9.17) is 20.9 Å². The highest BCUT2D eigenvalue weighted by molar-refractivity contribution is 7.85. The van der Waals surface area contributed by atoms with E-state index in [0.717, 1.165) is 56.3 Å². The molecule has 0 fully saturated rings. The zero-order valence-corrected chi connectivity index (χ0v) is 15.3. The number of halogens is 1.